The third-order valence-corrected chi connectivity index (χ3v) is 3.41. The predicted octanol–water partition coefficient (Wildman–Crippen LogP) is 3.91. The number of hydrogen-bond acceptors (Lipinski definition) is 3. The van der Waals surface area contributed by atoms with Crippen molar-refractivity contribution in [2.75, 3.05) is 5.32 Å². The number of esters is 1. The Morgan fingerprint density at radius 3 is 2.39 bits per heavy atom. The second-order valence-corrected chi connectivity index (χ2v) is 5.58. The number of halogens is 3. The summed E-state index contributed by atoms with van der Waals surface area (Å²) in [5.41, 5.74) is 0.0868. The van der Waals surface area contributed by atoms with Crippen LogP contribution in [0.3, 0.4) is 0 Å². The van der Waals surface area contributed by atoms with Gasteiger partial charge in [0.05, 0.1) is 5.56 Å². The number of carbonyl (C=O) groups excluding carboxylic acids is 2. The molecule has 0 saturated carbocycles. The number of hydrogen-bond donors (Lipinski definition) is 1. The van der Waals surface area contributed by atoms with E-state index in [4.69, 9.17) is 4.74 Å². The van der Waals surface area contributed by atoms with Crippen LogP contribution >= 0.6 is 15.9 Å². The van der Waals surface area contributed by atoms with Crippen molar-refractivity contribution in [1.82, 2.24) is 0 Å². The molecule has 4 nitrogen and oxygen atoms in total. The van der Waals surface area contributed by atoms with Gasteiger partial charge in [-0.3, -0.25) is 4.79 Å². The fourth-order valence-corrected chi connectivity index (χ4v) is 2.04. The van der Waals surface area contributed by atoms with E-state index in [1.54, 1.807) is 0 Å². The minimum absolute atomic E-state index is 0.269. The average Bonchev–Trinajstić information content (AvgIpc) is 2.49. The third-order valence-electron chi connectivity index (χ3n) is 2.92. The van der Waals surface area contributed by atoms with E-state index in [9.17, 15) is 18.4 Å². The standard InChI is InChI=1S/C16H12BrF2NO3/c1-9(15(21)20-12-5-3-11(18)4-6-12)23-16(22)13-7-2-10(17)8-14(13)19/h2-9H,1H3,(H,20,21)/t9-/m0/s1. The summed E-state index contributed by atoms with van der Waals surface area (Å²) in [5.74, 6) is -2.75. The molecule has 2 aromatic carbocycles. The SMILES string of the molecule is C[C@H](OC(=O)c1ccc(Br)cc1F)C(=O)Nc1ccc(F)cc1. The zero-order valence-electron chi connectivity index (χ0n) is 12.0. The Morgan fingerprint density at radius 2 is 1.78 bits per heavy atom. The van der Waals surface area contributed by atoms with E-state index >= 15 is 0 Å². The third kappa shape index (κ3) is 4.59. The summed E-state index contributed by atoms with van der Waals surface area (Å²) >= 11 is 3.08. The van der Waals surface area contributed by atoms with E-state index in [0.29, 0.717) is 10.2 Å². The van der Waals surface area contributed by atoms with Crippen LogP contribution in [0, 0.1) is 11.6 Å². The molecule has 0 radical (unpaired) electrons. The van der Waals surface area contributed by atoms with Gasteiger partial charge >= 0.3 is 5.97 Å². The maximum Gasteiger partial charge on any atom is 0.341 e. The molecule has 0 fully saturated rings. The fourth-order valence-electron chi connectivity index (χ4n) is 1.71. The smallest absolute Gasteiger partial charge is 0.341 e. The van der Waals surface area contributed by atoms with E-state index in [2.05, 4.69) is 21.2 Å². The average molecular weight is 384 g/mol. The minimum atomic E-state index is -1.14. The highest BCUT2D eigenvalue weighted by Gasteiger charge is 2.21. The Balaban J connectivity index is 2.00. The van der Waals surface area contributed by atoms with E-state index < -0.39 is 29.6 Å². The van der Waals surface area contributed by atoms with Gasteiger partial charge < -0.3 is 10.1 Å². The summed E-state index contributed by atoms with van der Waals surface area (Å²) in [6, 6.07) is 8.98. The molecule has 7 heteroatoms. The highest BCUT2D eigenvalue weighted by atomic mass is 79.9. The van der Waals surface area contributed by atoms with Gasteiger partial charge in [-0.25, -0.2) is 13.6 Å². The largest absolute Gasteiger partial charge is 0.449 e. The van der Waals surface area contributed by atoms with Crippen LogP contribution < -0.4 is 5.32 Å². The number of amides is 1. The van der Waals surface area contributed by atoms with Crippen LogP contribution in [0.15, 0.2) is 46.9 Å². The van der Waals surface area contributed by atoms with Crippen LogP contribution in [0.2, 0.25) is 0 Å². The lowest BCUT2D eigenvalue weighted by atomic mass is 10.2. The van der Waals surface area contributed by atoms with Gasteiger partial charge in [-0.15, -0.1) is 0 Å². The van der Waals surface area contributed by atoms with Gasteiger partial charge in [0.1, 0.15) is 11.6 Å². The van der Waals surface area contributed by atoms with Crippen LogP contribution in [0.4, 0.5) is 14.5 Å². The van der Waals surface area contributed by atoms with E-state index in [1.165, 1.54) is 43.3 Å². The summed E-state index contributed by atoms with van der Waals surface area (Å²) in [6.45, 7) is 1.35. The summed E-state index contributed by atoms with van der Waals surface area (Å²) in [6.07, 6.45) is -1.14. The van der Waals surface area contributed by atoms with Crippen molar-refractivity contribution in [2.24, 2.45) is 0 Å². The Bertz CT molecular complexity index is 735. The molecule has 2 aromatic rings. The number of rotatable bonds is 4. The molecule has 0 bridgehead atoms. The first kappa shape index (κ1) is 17.1. The Labute approximate surface area is 139 Å². The van der Waals surface area contributed by atoms with Gasteiger partial charge in [0.2, 0.25) is 0 Å². The molecule has 23 heavy (non-hydrogen) atoms. The molecule has 1 N–H and O–H groups in total. The van der Waals surface area contributed by atoms with E-state index in [1.807, 2.05) is 0 Å². The van der Waals surface area contributed by atoms with Crippen molar-refractivity contribution >= 4 is 33.5 Å². The lowest BCUT2D eigenvalue weighted by molar-refractivity contribution is -0.123. The van der Waals surface area contributed by atoms with Crippen molar-refractivity contribution in [3.05, 3.63) is 64.1 Å². The van der Waals surface area contributed by atoms with E-state index in [-0.39, 0.29) is 5.56 Å². The normalized spacial score (nSPS) is 11.7. The van der Waals surface area contributed by atoms with Crippen molar-refractivity contribution in [1.29, 1.82) is 0 Å². The quantitative estimate of drug-likeness (QED) is 0.814. The Hall–Kier alpha value is -2.28. The molecule has 0 unspecified atom stereocenters. The van der Waals surface area contributed by atoms with Crippen LogP contribution in [0.5, 0.6) is 0 Å². The molecule has 0 saturated heterocycles. The summed E-state index contributed by atoms with van der Waals surface area (Å²) in [7, 11) is 0. The molecule has 1 amide bonds. The molecule has 0 aromatic heterocycles. The van der Waals surface area contributed by atoms with Crippen molar-refractivity contribution in [3.63, 3.8) is 0 Å². The lowest BCUT2D eigenvalue weighted by Gasteiger charge is -2.14. The number of ether oxygens (including phenoxy) is 1. The predicted molar refractivity (Wildman–Crippen MR) is 84.0 cm³/mol. The summed E-state index contributed by atoms with van der Waals surface area (Å²) in [5, 5.41) is 2.47. The first-order chi connectivity index (χ1) is 10.9. The number of benzene rings is 2. The number of nitrogens with one attached hydrogen (secondary N) is 1. The number of carbonyl (C=O) groups is 2. The molecular formula is C16H12BrF2NO3. The van der Waals surface area contributed by atoms with Crippen molar-refractivity contribution in [3.8, 4) is 0 Å². The van der Waals surface area contributed by atoms with Gasteiger partial charge in [-0.05, 0) is 49.4 Å². The molecular weight excluding hydrogens is 372 g/mol. The molecule has 0 aliphatic heterocycles. The number of anilines is 1. The van der Waals surface area contributed by atoms with Gasteiger partial charge in [0, 0.05) is 10.2 Å². The maximum atomic E-state index is 13.7. The first-order valence-electron chi connectivity index (χ1n) is 6.59. The maximum absolute atomic E-state index is 13.7. The molecule has 0 spiro atoms. The minimum Gasteiger partial charge on any atom is -0.449 e. The molecule has 120 valence electrons. The molecule has 0 aliphatic carbocycles. The molecule has 0 aliphatic rings. The Kier molecular flexibility index (Phi) is 5.44. The molecule has 2 rings (SSSR count). The second-order valence-electron chi connectivity index (χ2n) is 4.67. The van der Waals surface area contributed by atoms with E-state index in [0.717, 1.165) is 6.07 Å². The summed E-state index contributed by atoms with van der Waals surface area (Å²) in [4.78, 5) is 23.8. The first-order valence-corrected chi connectivity index (χ1v) is 7.38. The van der Waals surface area contributed by atoms with Gasteiger partial charge in [0.25, 0.3) is 5.91 Å². The monoisotopic (exact) mass is 383 g/mol. The van der Waals surface area contributed by atoms with Crippen LogP contribution in [0.1, 0.15) is 17.3 Å². The van der Waals surface area contributed by atoms with Gasteiger partial charge in [-0.1, -0.05) is 15.9 Å². The van der Waals surface area contributed by atoms with Gasteiger partial charge in [-0.2, -0.15) is 0 Å². The van der Waals surface area contributed by atoms with Crippen molar-refractivity contribution < 1.29 is 23.1 Å². The van der Waals surface area contributed by atoms with Gasteiger partial charge in [0.15, 0.2) is 6.10 Å². The zero-order chi connectivity index (χ0) is 17.0. The highest BCUT2D eigenvalue weighted by molar-refractivity contribution is 9.10. The Morgan fingerprint density at radius 1 is 1.13 bits per heavy atom. The lowest BCUT2D eigenvalue weighted by Crippen LogP contribution is -2.30. The fraction of sp³-hybridized carbons (Fsp3) is 0.125. The highest BCUT2D eigenvalue weighted by Crippen LogP contribution is 2.17. The molecule has 0 heterocycles. The van der Waals surface area contributed by atoms with Crippen LogP contribution in [-0.2, 0) is 9.53 Å². The van der Waals surface area contributed by atoms with Crippen LogP contribution in [-0.4, -0.2) is 18.0 Å². The topological polar surface area (TPSA) is 55.4 Å². The van der Waals surface area contributed by atoms with Crippen molar-refractivity contribution in [2.45, 2.75) is 13.0 Å². The van der Waals surface area contributed by atoms with Crippen LogP contribution in [0.25, 0.3) is 0 Å². The summed E-state index contributed by atoms with van der Waals surface area (Å²) < 4.78 is 31.9. The second kappa shape index (κ2) is 7.32. The zero-order valence-corrected chi connectivity index (χ0v) is 13.6. The molecule has 1 atom stereocenters.